The lowest BCUT2D eigenvalue weighted by atomic mass is 9.49. The molecule has 0 amide bonds. The fourth-order valence-electron chi connectivity index (χ4n) is 12.2. The second-order valence-electron chi connectivity index (χ2n) is 34.5. The summed E-state index contributed by atoms with van der Waals surface area (Å²) in [4.78, 5) is 0. The Bertz CT molecular complexity index is 3840. The van der Waals surface area contributed by atoms with Crippen molar-refractivity contribution in [1.29, 1.82) is 0 Å². The molecule has 6 heterocycles. The number of rotatable bonds is 5. The molecule has 12 rings (SSSR count). The molecule has 6 aromatic carbocycles. The molecular weight excluding hydrogens is 1300 g/mol. The highest BCUT2D eigenvalue weighted by atomic mass is 79.9. The average Bonchev–Trinajstić information content (AvgIpc) is 1.59. The van der Waals surface area contributed by atoms with Crippen LogP contribution in [0.5, 0.6) is 0 Å². The molecule has 4 saturated heterocycles. The Balaban J connectivity index is 0.000000198. The van der Waals surface area contributed by atoms with E-state index < -0.39 is 50.7 Å². The summed E-state index contributed by atoms with van der Waals surface area (Å²) in [5.74, 6) is 0. The van der Waals surface area contributed by atoms with Crippen molar-refractivity contribution in [1.82, 2.24) is 9.13 Å². The molecule has 0 bridgehead atoms. The Morgan fingerprint density at radius 3 is 0.723 bits per heavy atom. The minimum Gasteiger partial charge on any atom is -0.405 e. The van der Waals surface area contributed by atoms with Crippen molar-refractivity contribution in [3.8, 4) is 11.4 Å². The van der Waals surface area contributed by atoms with E-state index in [-0.39, 0.29) is 58.9 Å². The first-order valence-electron chi connectivity index (χ1n) is 33.1. The highest BCUT2D eigenvalue weighted by molar-refractivity contribution is 9.11. The maximum absolute atomic E-state index is 6.59. The van der Waals surface area contributed by atoms with Crippen LogP contribution in [0.2, 0.25) is 0 Å². The fourth-order valence-corrected chi connectivity index (χ4v) is 13.4. The fraction of sp³-hybridized carbons (Fsp3) is 0.538. The molecule has 4 fully saturated rings. The molecule has 0 aliphatic carbocycles. The highest BCUT2D eigenvalue weighted by Gasteiger charge is 2.64. The van der Waals surface area contributed by atoms with Gasteiger partial charge in [-0.2, -0.15) is 0 Å². The standard InChI is InChI=1S/C38H51B2NO4.C26H27Br2N.C12H24B2O4.2CH4/c1-33(2,3)24-15-17-31-29(19-24)30-20-25(34(4,5)6)16-18-32(30)41(31)28-22-26(39-42-35(7,8)36(9,10)43-39)21-27(23-28)40-44-37(11,12)38(13,14)45-40;1-25(2,3)16-7-9-23-21(11-16)22-12-17(26(4,5)6)8-10-24(22)29(23)20-14-18(27)13-19(28)15-20;1-9(2)10(3,4)16-13(15-9)14-17-11(5,6)12(7,8)18-14;;/h15-23H,1-14H3;7-15H,1-6H3;1-8H3;2*1H4. The summed E-state index contributed by atoms with van der Waals surface area (Å²) in [7, 11) is -2.00. The van der Waals surface area contributed by atoms with E-state index >= 15 is 0 Å². The molecule has 8 aromatic rings. The zero-order valence-electron chi connectivity index (χ0n) is 60.6. The van der Waals surface area contributed by atoms with Crippen molar-refractivity contribution in [3.05, 3.63) is 140 Å². The smallest absolute Gasteiger partial charge is 0.405 e. The first-order valence-corrected chi connectivity index (χ1v) is 34.7. The second kappa shape index (κ2) is 24.9. The summed E-state index contributed by atoms with van der Waals surface area (Å²) in [6.07, 6.45) is 0. The van der Waals surface area contributed by atoms with Gasteiger partial charge in [-0.05, 0) is 244 Å². The van der Waals surface area contributed by atoms with Crippen molar-refractivity contribution in [2.75, 3.05) is 0 Å². The lowest BCUT2D eigenvalue weighted by Crippen LogP contribution is -2.41. The molecule has 94 heavy (non-hydrogen) atoms. The number of hydrogen-bond donors (Lipinski definition) is 0. The minimum atomic E-state index is -0.524. The molecule has 2 aromatic heterocycles. The Kier molecular flexibility index (Phi) is 20.0. The third kappa shape index (κ3) is 14.2. The topological polar surface area (TPSA) is 83.7 Å². The Hall–Kier alpha value is -4.18. The van der Waals surface area contributed by atoms with Crippen LogP contribution in [0.15, 0.2) is 118 Å². The molecule has 0 radical (unpaired) electrons. The maximum Gasteiger partial charge on any atom is 0.494 e. The zero-order valence-corrected chi connectivity index (χ0v) is 63.8. The Morgan fingerprint density at radius 2 is 0.500 bits per heavy atom. The van der Waals surface area contributed by atoms with Gasteiger partial charge >= 0.3 is 28.3 Å². The van der Waals surface area contributed by atoms with Gasteiger partial charge in [-0.3, -0.25) is 0 Å². The molecule has 0 spiro atoms. The van der Waals surface area contributed by atoms with Crippen molar-refractivity contribution < 1.29 is 37.2 Å². The lowest BCUT2D eigenvalue weighted by Gasteiger charge is -2.32. The molecule has 0 N–H and O–H groups in total. The zero-order chi connectivity index (χ0) is 68.2. The van der Waals surface area contributed by atoms with Crippen LogP contribution in [0.3, 0.4) is 0 Å². The van der Waals surface area contributed by atoms with Gasteiger partial charge in [0.25, 0.3) is 0 Å². The first-order chi connectivity index (χ1) is 41.8. The van der Waals surface area contributed by atoms with Crippen LogP contribution in [0.25, 0.3) is 55.0 Å². The van der Waals surface area contributed by atoms with E-state index in [1.54, 1.807) is 0 Å². The van der Waals surface area contributed by atoms with E-state index in [1.807, 2.05) is 55.4 Å². The Morgan fingerprint density at radius 1 is 0.287 bits per heavy atom. The molecular formula is C78H110B4Br2N2O8. The molecule has 16 heteroatoms. The van der Waals surface area contributed by atoms with Crippen LogP contribution in [0.1, 0.15) is 231 Å². The van der Waals surface area contributed by atoms with Gasteiger partial charge in [0.2, 0.25) is 0 Å². The number of halogens is 2. The van der Waals surface area contributed by atoms with E-state index in [4.69, 9.17) is 37.2 Å². The van der Waals surface area contributed by atoms with Gasteiger partial charge in [0.15, 0.2) is 0 Å². The summed E-state index contributed by atoms with van der Waals surface area (Å²) in [6, 6.07) is 40.7. The van der Waals surface area contributed by atoms with Crippen molar-refractivity contribution in [2.45, 2.75) is 275 Å². The molecule has 0 unspecified atom stereocenters. The summed E-state index contributed by atoms with van der Waals surface area (Å²) < 4.78 is 57.1. The van der Waals surface area contributed by atoms with Gasteiger partial charge in [-0.15, -0.1) is 0 Å². The van der Waals surface area contributed by atoms with Gasteiger partial charge in [0.1, 0.15) is 0 Å². The SMILES string of the molecule is C.C.CC(C)(C)c1ccc2c(c1)c1cc(C(C)(C)C)ccc1n2-c1cc(B2OC(C)(C)C(C)(C)O2)cc(B2OC(C)(C)C(C)(C)O2)c1.CC(C)(C)c1ccc2c(c1)c1cc(C(C)(C)C)ccc1n2-c1cc(Br)cc(Br)c1.CC1(C)OB(B2OC(C)(C)C(C)(C)O2)OC1(C)C. The van der Waals surface area contributed by atoms with Crippen LogP contribution in [0, 0.1) is 0 Å². The highest BCUT2D eigenvalue weighted by Crippen LogP contribution is 2.46. The lowest BCUT2D eigenvalue weighted by molar-refractivity contribution is 0.00578. The molecule has 506 valence electrons. The van der Waals surface area contributed by atoms with Gasteiger partial charge in [0.05, 0.1) is 66.9 Å². The predicted octanol–water partition coefficient (Wildman–Crippen LogP) is 20.4. The van der Waals surface area contributed by atoms with Crippen LogP contribution >= 0.6 is 31.9 Å². The van der Waals surface area contributed by atoms with E-state index in [9.17, 15) is 0 Å². The van der Waals surface area contributed by atoms with Gasteiger partial charge in [0, 0.05) is 41.9 Å². The monoisotopic (exact) mass is 1400 g/mol. The van der Waals surface area contributed by atoms with E-state index in [2.05, 4.69) is 289 Å². The maximum atomic E-state index is 6.59. The predicted molar refractivity (Wildman–Crippen MR) is 409 cm³/mol. The number of aromatic nitrogens is 2. The van der Waals surface area contributed by atoms with Crippen molar-refractivity contribution in [2.24, 2.45) is 0 Å². The van der Waals surface area contributed by atoms with Crippen LogP contribution in [-0.4, -0.2) is 82.2 Å². The molecule has 0 atom stereocenters. The number of nitrogens with zero attached hydrogens (tertiary/aromatic N) is 2. The summed E-state index contributed by atoms with van der Waals surface area (Å²) in [6.45, 7) is 60.3. The molecule has 0 saturated carbocycles. The van der Waals surface area contributed by atoms with E-state index in [0.717, 1.165) is 42.3 Å². The van der Waals surface area contributed by atoms with Crippen molar-refractivity contribution >= 4 is 115 Å². The minimum absolute atomic E-state index is 0. The largest absolute Gasteiger partial charge is 0.494 e. The molecule has 10 nitrogen and oxygen atoms in total. The summed E-state index contributed by atoms with van der Waals surface area (Å²) >= 11 is 7.32. The average molecular weight is 1410 g/mol. The van der Waals surface area contributed by atoms with Gasteiger partial charge in [-0.25, -0.2) is 0 Å². The number of benzene rings is 6. The molecule has 4 aliphatic heterocycles. The normalized spacial score (nSPS) is 20.1. The third-order valence-electron chi connectivity index (χ3n) is 21.1. The van der Waals surface area contributed by atoms with Crippen LogP contribution < -0.4 is 10.9 Å². The number of fused-ring (bicyclic) bond motifs is 6. The quantitative estimate of drug-likeness (QED) is 0.158. The van der Waals surface area contributed by atoms with Gasteiger partial charge < -0.3 is 46.4 Å². The van der Waals surface area contributed by atoms with Crippen LogP contribution in [0.4, 0.5) is 0 Å². The second-order valence-corrected chi connectivity index (χ2v) is 36.3. The molecule has 4 aliphatic rings. The Labute approximate surface area is 584 Å². The van der Waals surface area contributed by atoms with Gasteiger partial charge in [-0.1, -0.05) is 160 Å². The van der Waals surface area contributed by atoms with E-state index in [0.29, 0.717) is 0 Å². The van der Waals surface area contributed by atoms with Crippen molar-refractivity contribution in [3.63, 3.8) is 0 Å². The first kappa shape index (κ1) is 75.6. The number of hydrogen-bond acceptors (Lipinski definition) is 8. The van der Waals surface area contributed by atoms with E-state index in [1.165, 1.54) is 54.8 Å². The third-order valence-corrected chi connectivity index (χ3v) is 22.1. The summed E-state index contributed by atoms with van der Waals surface area (Å²) in [5, 5.41) is 5.13. The van der Waals surface area contributed by atoms with Crippen LogP contribution in [-0.2, 0) is 58.9 Å². The summed E-state index contributed by atoms with van der Waals surface area (Å²) in [5.41, 5.74) is 11.2.